The van der Waals surface area contributed by atoms with Gasteiger partial charge in [0.05, 0.1) is 11.7 Å². The predicted molar refractivity (Wildman–Crippen MR) is 72.3 cm³/mol. The van der Waals surface area contributed by atoms with E-state index in [-0.39, 0.29) is 12.0 Å². The molecule has 0 radical (unpaired) electrons. The van der Waals surface area contributed by atoms with Crippen molar-refractivity contribution in [2.75, 3.05) is 13.1 Å². The molecular formula is C13H15N3O3S. The Morgan fingerprint density at radius 3 is 3.00 bits per heavy atom. The molecule has 0 saturated carbocycles. The first-order valence-corrected chi connectivity index (χ1v) is 7.45. The second-order valence-electron chi connectivity index (χ2n) is 4.66. The maximum Gasteiger partial charge on any atom is 0.254 e. The van der Waals surface area contributed by atoms with E-state index in [0.29, 0.717) is 12.4 Å². The lowest BCUT2D eigenvalue weighted by molar-refractivity contribution is -0.00349. The summed E-state index contributed by atoms with van der Waals surface area (Å²) in [6, 6.07) is 1.87. The highest BCUT2D eigenvalue weighted by Crippen LogP contribution is 2.18. The number of likely N-dealkylation sites (tertiary alicyclic amines) is 1. The van der Waals surface area contributed by atoms with Crippen molar-refractivity contribution < 1.29 is 14.1 Å². The highest BCUT2D eigenvalue weighted by molar-refractivity contribution is 7.08. The van der Waals surface area contributed by atoms with Crippen LogP contribution in [0.25, 0.3) is 0 Å². The molecule has 1 aliphatic rings. The molecule has 0 aromatic carbocycles. The lowest BCUT2D eigenvalue weighted by atomic mass is 10.1. The number of nitrogens with zero attached hydrogens (tertiary/aromatic N) is 3. The van der Waals surface area contributed by atoms with Gasteiger partial charge in [-0.05, 0) is 24.3 Å². The van der Waals surface area contributed by atoms with Crippen LogP contribution in [0.3, 0.4) is 0 Å². The maximum atomic E-state index is 12.2. The van der Waals surface area contributed by atoms with Crippen molar-refractivity contribution in [2.45, 2.75) is 25.6 Å². The van der Waals surface area contributed by atoms with Crippen molar-refractivity contribution >= 4 is 17.2 Å². The number of thiophene rings is 1. The lowest BCUT2D eigenvalue weighted by Crippen LogP contribution is -2.40. The number of amides is 1. The quantitative estimate of drug-likeness (QED) is 0.862. The molecule has 0 aliphatic carbocycles. The van der Waals surface area contributed by atoms with Crippen LogP contribution in [0.5, 0.6) is 0 Å². The van der Waals surface area contributed by atoms with Crippen LogP contribution in [0.4, 0.5) is 0 Å². The monoisotopic (exact) mass is 293 g/mol. The molecule has 20 heavy (non-hydrogen) atoms. The molecule has 6 nitrogen and oxygen atoms in total. The molecule has 2 aromatic heterocycles. The van der Waals surface area contributed by atoms with E-state index in [0.717, 1.165) is 31.5 Å². The third-order valence-corrected chi connectivity index (χ3v) is 4.04. The lowest BCUT2D eigenvalue weighted by Gasteiger charge is -2.31. The van der Waals surface area contributed by atoms with Crippen LogP contribution >= 0.6 is 11.3 Å². The topological polar surface area (TPSA) is 68.5 Å². The molecule has 1 amide bonds. The molecule has 7 heteroatoms. The van der Waals surface area contributed by atoms with E-state index < -0.39 is 0 Å². The van der Waals surface area contributed by atoms with E-state index in [4.69, 9.17) is 4.74 Å². The third kappa shape index (κ3) is 3.05. The fourth-order valence-electron chi connectivity index (χ4n) is 2.24. The van der Waals surface area contributed by atoms with Crippen LogP contribution in [-0.2, 0) is 11.3 Å². The normalized spacial score (nSPS) is 16.5. The molecule has 106 valence electrons. The van der Waals surface area contributed by atoms with Gasteiger partial charge in [0.25, 0.3) is 5.91 Å². The second kappa shape index (κ2) is 6.15. The third-order valence-electron chi connectivity index (χ3n) is 3.35. The van der Waals surface area contributed by atoms with E-state index in [9.17, 15) is 4.79 Å². The van der Waals surface area contributed by atoms with Crippen molar-refractivity contribution in [1.29, 1.82) is 0 Å². The number of piperidine rings is 1. The standard InChI is InChI=1S/C13H15N3O3S/c17-13(10-3-6-20-8-10)16-4-1-11(2-5-16)18-7-12-14-9-19-15-12/h3,6,8-9,11H,1-2,4-5,7H2. The largest absolute Gasteiger partial charge is 0.370 e. The van der Waals surface area contributed by atoms with Crippen molar-refractivity contribution in [1.82, 2.24) is 15.0 Å². The van der Waals surface area contributed by atoms with Gasteiger partial charge in [-0.2, -0.15) is 16.3 Å². The second-order valence-corrected chi connectivity index (χ2v) is 5.44. The molecule has 0 bridgehead atoms. The van der Waals surface area contributed by atoms with Crippen molar-refractivity contribution in [3.8, 4) is 0 Å². The van der Waals surface area contributed by atoms with E-state index in [1.165, 1.54) is 6.39 Å². The predicted octanol–water partition coefficient (Wildman–Crippen LogP) is 1.95. The Balaban J connectivity index is 1.46. The molecule has 3 rings (SSSR count). The molecule has 0 N–H and O–H groups in total. The van der Waals surface area contributed by atoms with Gasteiger partial charge in [-0.1, -0.05) is 5.16 Å². The number of hydrogen-bond donors (Lipinski definition) is 0. The fourth-order valence-corrected chi connectivity index (χ4v) is 2.87. The van der Waals surface area contributed by atoms with Crippen LogP contribution in [0.15, 0.2) is 27.7 Å². The molecule has 2 aromatic rings. The van der Waals surface area contributed by atoms with Gasteiger partial charge in [0.2, 0.25) is 6.39 Å². The summed E-state index contributed by atoms with van der Waals surface area (Å²) in [7, 11) is 0. The summed E-state index contributed by atoms with van der Waals surface area (Å²) in [6.45, 7) is 1.82. The summed E-state index contributed by atoms with van der Waals surface area (Å²) in [5, 5.41) is 7.52. The van der Waals surface area contributed by atoms with E-state index >= 15 is 0 Å². The van der Waals surface area contributed by atoms with Crippen LogP contribution < -0.4 is 0 Å². The first kappa shape index (κ1) is 13.3. The summed E-state index contributed by atoms with van der Waals surface area (Å²) in [5.41, 5.74) is 0.779. The average molecular weight is 293 g/mol. The zero-order valence-corrected chi connectivity index (χ0v) is 11.7. The Hall–Kier alpha value is -1.73. The SMILES string of the molecule is O=C(c1ccsc1)N1CCC(OCc2ncon2)CC1. The zero-order valence-electron chi connectivity index (χ0n) is 10.9. The highest BCUT2D eigenvalue weighted by Gasteiger charge is 2.24. The average Bonchev–Trinajstić information content (AvgIpc) is 3.18. The first-order valence-electron chi connectivity index (χ1n) is 6.51. The van der Waals surface area contributed by atoms with Gasteiger partial charge < -0.3 is 14.2 Å². The van der Waals surface area contributed by atoms with Crippen LogP contribution in [-0.4, -0.2) is 40.1 Å². The minimum Gasteiger partial charge on any atom is -0.370 e. The Kier molecular flexibility index (Phi) is 4.08. The number of rotatable bonds is 4. The summed E-state index contributed by atoms with van der Waals surface area (Å²) in [4.78, 5) is 18.0. The molecule has 0 spiro atoms. The minimum atomic E-state index is 0.114. The van der Waals surface area contributed by atoms with E-state index in [2.05, 4.69) is 14.7 Å². The first-order chi connectivity index (χ1) is 9.83. The Morgan fingerprint density at radius 2 is 2.35 bits per heavy atom. The number of carbonyl (C=O) groups is 1. The fraction of sp³-hybridized carbons (Fsp3) is 0.462. The molecule has 3 heterocycles. The van der Waals surface area contributed by atoms with Crippen molar-refractivity contribution in [2.24, 2.45) is 0 Å². The highest BCUT2D eigenvalue weighted by atomic mass is 32.1. The summed E-state index contributed by atoms with van der Waals surface area (Å²) >= 11 is 1.54. The van der Waals surface area contributed by atoms with Gasteiger partial charge in [-0.25, -0.2) is 0 Å². The molecule has 0 unspecified atom stereocenters. The number of carbonyl (C=O) groups excluding carboxylic acids is 1. The summed E-state index contributed by atoms with van der Waals surface area (Å²) < 4.78 is 10.4. The molecule has 1 fully saturated rings. The van der Waals surface area contributed by atoms with Crippen molar-refractivity contribution in [3.05, 3.63) is 34.6 Å². The summed E-state index contributed by atoms with van der Waals surface area (Å²) in [5.74, 6) is 0.671. The molecule has 1 saturated heterocycles. The van der Waals surface area contributed by atoms with E-state index in [1.807, 2.05) is 21.7 Å². The van der Waals surface area contributed by atoms with Gasteiger partial charge in [-0.15, -0.1) is 0 Å². The van der Waals surface area contributed by atoms with Crippen LogP contribution in [0.2, 0.25) is 0 Å². The Bertz CT molecular complexity index is 533. The molecular weight excluding hydrogens is 278 g/mol. The van der Waals surface area contributed by atoms with Gasteiger partial charge in [0.1, 0.15) is 6.61 Å². The van der Waals surface area contributed by atoms with Crippen LogP contribution in [0.1, 0.15) is 29.0 Å². The molecule has 1 aliphatic heterocycles. The van der Waals surface area contributed by atoms with Crippen molar-refractivity contribution in [3.63, 3.8) is 0 Å². The van der Waals surface area contributed by atoms with E-state index in [1.54, 1.807) is 11.3 Å². The maximum absolute atomic E-state index is 12.2. The smallest absolute Gasteiger partial charge is 0.254 e. The number of hydrogen-bond acceptors (Lipinski definition) is 6. The summed E-state index contributed by atoms with van der Waals surface area (Å²) in [6.07, 6.45) is 3.13. The van der Waals surface area contributed by atoms with Gasteiger partial charge in [-0.3, -0.25) is 4.79 Å². The van der Waals surface area contributed by atoms with Crippen LogP contribution in [0, 0.1) is 0 Å². The number of ether oxygens (including phenoxy) is 1. The Morgan fingerprint density at radius 1 is 1.50 bits per heavy atom. The minimum absolute atomic E-state index is 0.114. The van der Waals surface area contributed by atoms with Gasteiger partial charge >= 0.3 is 0 Å². The molecule has 0 atom stereocenters. The van der Waals surface area contributed by atoms with Gasteiger partial charge in [0, 0.05) is 18.5 Å². The van der Waals surface area contributed by atoms with Gasteiger partial charge in [0.15, 0.2) is 5.82 Å². The zero-order chi connectivity index (χ0) is 13.8. The number of aromatic nitrogens is 2. The Labute approximate surface area is 120 Å².